The number of nitrogens with zero attached hydrogens (tertiary/aromatic N) is 4. The van der Waals surface area contributed by atoms with Gasteiger partial charge in [-0.3, -0.25) is 10.1 Å². The Hall–Kier alpha value is -2.43. The van der Waals surface area contributed by atoms with Crippen molar-refractivity contribution in [2.45, 2.75) is 18.4 Å². The number of hydrogen-bond acceptors (Lipinski definition) is 7. The number of nitrogens with one attached hydrogen (secondary N) is 1. The third-order valence-corrected chi connectivity index (χ3v) is 6.58. The predicted molar refractivity (Wildman–Crippen MR) is 121 cm³/mol. The van der Waals surface area contributed by atoms with Crippen LogP contribution in [0.3, 0.4) is 0 Å². The molecule has 2 aromatic carbocycles. The molecule has 4 aromatic rings. The first-order valence-corrected chi connectivity index (χ1v) is 11.6. The molecule has 10 heteroatoms. The molecule has 0 aliphatic carbocycles. The number of carbonyl (C=O) groups is 1. The van der Waals surface area contributed by atoms with Gasteiger partial charge in [-0.15, -0.1) is 10.2 Å². The molecule has 6 nitrogen and oxygen atoms in total. The summed E-state index contributed by atoms with van der Waals surface area (Å²) >= 11 is 5.99. The number of hydrogen-bond donors (Lipinski definition) is 1. The number of amides is 1. The lowest BCUT2D eigenvalue weighted by atomic mass is 10.2. The van der Waals surface area contributed by atoms with E-state index < -0.39 is 0 Å². The van der Waals surface area contributed by atoms with Crippen molar-refractivity contribution in [3.05, 3.63) is 57.8 Å². The molecule has 0 aliphatic rings. The van der Waals surface area contributed by atoms with Crippen molar-refractivity contribution in [2.24, 2.45) is 0 Å². The maximum absolute atomic E-state index is 13.8. The fourth-order valence-corrected chi connectivity index (χ4v) is 4.42. The number of aromatic nitrogens is 4. The second kappa shape index (κ2) is 9.15. The lowest BCUT2D eigenvalue weighted by Crippen LogP contribution is -2.14. The van der Waals surface area contributed by atoms with E-state index in [1.165, 1.54) is 35.2 Å². The van der Waals surface area contributed by atoms with E-state index >= 15 is 0 Å². The zero-order chi connectivity index (χ0) is 21.1. The second-order valence-electron chi connectivity index (χ2n) is 6.21. The minimum atomic E-state index is -0.380. The maximum atomic E-state index is 13.8. The van der Waals surface area contributed by atoms with Gasteiger partial charge in [0.1, 0.15) is 15.9 Å². The fraction of sp³-hybridized carbons (Fsp3) is 0.150. The lowest BCUT2D eigenvalue weighted by molar-refractivity contribution is -0.113. The van der Waals surface area contributed by atoms with Gasteiger partial charge in [0.2, 0.25) is 11.0 Å². The van der Waals surface area contributed by atoms with E-state index in [9.17, 15) is 9.18 Å². The Morgan fingerprint density at radius 2 is 1.97 bits per heavy atom. The molecule has 2 aromatic heterocycles. The largest absolute Gasteiger partial charge is 0.300 e. The number of thioether (sulfide) groups is 1. The third-order valence-electron chi connectivity index (χ3n) is 4.08. The van der Waals surface area contributed by atoms with Gasteiger partial charge in [0.15, 0.2) is 5.82 Å². The molecule has 1 amide bonds. The third kappa shape index (κ3) is 4.82. The molecule has 0 saturated carbocycles. The minimum absolute atomic E-state index is 0.101. The summed E-state index contributed by atoms with van der Waals surface area (Å²) in [5, 5.41) is 13.1. The number of fused-ring (bicyclic) bond motifs is 1. The summed E-state index contributed by atoms with van der Waals surface area (Å²) in [4.78, 5) is 21.5. The molecule has 2 heterocycles. The van der Waals surface area contributed by atoms with E-state index in [1.807, 2.05) is 31.2 Å². The Kier molecular flexibility index (Phi) is 6.35. The molecule has 0 atom stereocenters. The van der Waals surface area contributed by atoms with Gasteiger partial charge in [0.25, 0.3) is 0 Å². The Balaban J connectivity index is 1.60. The number of rotatable bonds is 6. The number of aryl methyl sites for hydroxylation is 1. The average Bonchev–Trinajstić information content (AvgIpc) is 3.20. The summed E-state index contributed by atoms with van der Waals surface area (Å²) in [5.41, 5.74) is 1.45. The SMILES string of the molecule is CCc1nnc(NC(=O)CSc2nc(-c3ccc(Br)cc3)nc3ccc(F)cc23)s1. The van der Waals surface area contributed by atoms with E-state index in [1.54, 1.807) is 6.07 Å². The van der Waals surface area contributed by atoms with E-state index in [-0.39, 0.29) is 17.5 Å². The summed E-state index contributed by atoms with van der Waals surface area (Å²) in [6.45, 7) is 1.98. The Labute approximate surface area is 188 Å². The molecule has 0 bridgehead atoms. The highest BCUT2D eigenvalue weighted by atomic mass is 79.9. The summed E-state index contributed by atoms with van der Waals surface area (Å²) in [6.07, 6.45) is 0.764. The molecule has 0 aliphatic heterocycles. The first-order chi connectivity index (χ1) is 14.5. The van der Waals surface area contributed by atoms with Crippen molar-refractivity contribution in [1.29, 1.82) is 0 Å². The van der Waals surface area contributed by atoms with Crippen molar-refractivity contribution in [3.8, 4) is 11.4 Å². The van der Waals surface area contributed by atoms with Gasteiger partial charge in [-0.05, 0) is 36.8 Å². The summed E-state index contributed by atoms with van der Waals surface area (Å²) in [5.74, 6) is 0.00632. The minimum Gasteiger partial charge on any atom is -0.300 e. The topological polar surface area (TPSA) is 80.7 Å². The molecule has 0 unspecified atom stereocenters. The standard InChI is InChI=1S/C20H15BrFN5OS2/c1-2-17-26-27-20(30-17)24-16(28)10-29-19-14-9-13(22)7-8-15(14)23-18(25-19)11-3-5-12(21)6-4-11/h3-9H,2,10H2,1H3,(H,24,27,28). The first-order valence-electron chi connectivity index (χ1n) is 9.00. The van der Waals surface area contributed by atoms with Crippen molar-refractivity contribution in [3.63, 3.8) is 0 Å². The molecule has 30 heavy (non-hydrogen) atoms. The van der Waals surface area contributed by atoms with Crippen LogP contribution in [0.5, 0.6) is 0 Å². The van der Waals surface area contributed by atoms with Gasteiger partial charge in [-0.2, -0.15) is 0 Å². The number of halogens is 2. The number of benzene rings is 2. The fourth-order valence-electron chi connectivity index (χ4n) is 2.65. The lowest BCUT2D eigenvalue weighted by Gasteiger charge is -2.09. The molecule has 4 rings (SSSR count). The highest BCUT2D eigenvalue weighted by Gasteiger charge is 2.14. The monoisotopic (exact) mass is 503 g/mol. The van der Waals surface area contributed by atoms with Gasteiger partial charge in [-0.1, -0.05) is 58.1 Å². The van der Waals surface area contributed by atoms with Crippen LogP contribution in [0.25, 0.3) is 22.3 Å². The molecule has 0 fully saturated rings. The molecular formula is C20H15BrFN5OS2. The first kappa shape index (κ1) is 20.8. The molecule has 152 valence electrons. The van der Waals surface area contributed by atoms with Crippen LogP contribution >= 0.6 is 39.0 Å². The molecular weight excluding hydrogens is 489 g/mol. The van der Waals surface area contributed by atoms with Gasteiger partial charge in [0, 0.05) is 15.4 Å². The van der Waals surface area contributed by atoms with Gasteiger partial charge < -0.3 is 0 Å². The maximum Gasteiger partial charge on any atom is 0.236 e. The second-order valence-corrected chi connectivity index (χ2v) is 9.15. The van der Waals surface area contributed by atoms with E-state index in [4.69, 9.17) is 0 Å². The summed E-state index contributed by atoms with van der Waals surface area (Å²) < 4.78 is 14.8. The molecule has 0 radical (unpaired) electrons. The Morgan fingerprint density at radius 3 is 2.70 bits per heavy atom. The summed E-state index contributed by atoms with van der Waals surface area (Å²) in [6, 6.07) is 12.0. The van der Waals surface area contributed by atoms with E-state index in [0.717, 1.165) is 21.5 Å². The Morgan fingerprint density at radius 1 is 1.17 bits per heavy atom. The van der Waals surface area contributed by atoms with Crippen molar-refractivity contribution in [1.82, 2.24) is 20.2 Å². The number of carbonyl (C=O) groups excluding carboxylic acids is 1. The predicted octanol–water partition coefficient (Wildman–Crippen LogP) is 5.34. The quantitative estimate of drug-likeness (QED) is 0.282. The molecule has 0 saturated heterocycles. The van der Waals surface area contributed by atoms with Gasteiger partial charge >= 0.3 is 0 Å². The van der Waals surface area contributed by atoms with Gasteiger partial charge in [-0.25, -0.2) is 14.4 Å². The zero-order valence-corrected chi connectivity index (χ0v) is 18.9. The Bertz CT molecular complexity index is 1220. The number of anilines is 1. The van der Waals surface area contributed by atoms with Crippen molar-refractivity contribution >= 4 is 61.0 Å². The van der Waals surface area contributed by atoms with Crippen LogP contribution in [-0.4, -0.2) is 31.8 Å². The van der Waals surface area contributed by atoms with Crippen LogP contribution in [0.4, 0.5) is 9.52 Å². The van der Waals surface area contributed by atoms with Crippen LogP contribution in [0.1, 0.15) is 11.9 Å². The van der Waals surface area contributed by atoms with Crippen LogP contribution in [0.2, 0.25) is 0 Å². The van der Waals surface area contributed by atoms with E-state index in [0.29, 0.717) is 26.9 Å². The van der Waals surface area contributed by atoms with Crippen LogP contribution in [0, 0.1) is 5.82 Å². The average molecular weight is 504 g/mol. The smallest absolute Gasteiger partial charge is 0.236 e. The van der Waals surface area contributed by atoms with Crippen molar-refractivity contribution < 1.29 is 9.18 Å². The van der Waals surface area contributed by atoms with Crippen LogP contribution in [-0.2, 0) is 11.2 Å². The molecule has 1 N–H and O–H groups in total. The van der Waals surface area contributed by atoms with Crippen LogP contribution in [0.15, 0.2) is 52.0 Å². The van der Waals surface area contributed by atoms with Gasteiger partial charge in [0.05, 0.1) is 11.3 Å². The van der Waals surface area contributed by atoms with E-state index in [2.05, 4.69) is 41.4 Å². The summed E-state index contributed by atoms with van der Waals surface area (Å²) in [7, 11) is 0. The zero-order valence-electron chi connectivity index (χ0n) is 15.7. The highest BCUT2D eigenvalue weighted by Crippen LogP contribution is 2.29. The van der Waals surface area contributed by atoms with Crippen LogP contribution < -0.4 is 5.32 Å². The van der Waals surface area contributed by atoms with Crippen molar-refractivity contribution in [2.75, 3.05) is 11.1 Å². The normalized spacial score (nSPS) is 11.0. The highest BCUT2D eigenvalue weighted by molar-refractivity contribution is 9.10. The molecule has 0 spiro atoms.